The van der Waals surface area contributed by atoms with Crippen molar-refractivity contribution in [3.63, 3.8) is 0 Å². The predicted octanol–water partition coefficient (Wildman–Crippen LogP) is 3.98. The van der Waals surface area contributed by atoms with E-state index in [4.69, 9.17) is 0 Å². The standard InChI is InChI=1S/C17H23N3O2S/c1-4-5-10-23(21,22)20-17-9-8-15(12-18-17)19-16-11-13(2)6-7-14(16)3/h6-9,11-12,19H,4-5,10H2,1-3H3,(H,18,20). The Balaban J connectivity index is 2.06. The number of unbranched alkanes of at least 4 members (excludes halogenated alkanes) is 1. The number of sulfonamides is 1. The molecule has 124 valence electrons. The number of pyridine rings is 1. The summed E-state index contributed by atoms with van der Waals surface area (Å²) in [4.78, 5) is 4.17. The molecule has 0 aliphatic rings. The maximum Gasteiger partial charge on any atom is 0.233 e. The molecule has 0 spiro atoms. The first-order chi connectivity index (χ1) is 10.9. The van der Waals surface area contributed by atoms with Crippen molar-refractivity contribution in [1.82, 2.24) is 4.98 Å². The Bertz CT molecular complexity index is 756. The molecule has 0 radical (unpaired) electrons. The number of aryl methyl sites for hydroxylation is 2. The first-order valence-corrected chi connectivity index (χ1v) is 9.35. The molecule has 0 atom stereocenters. The Kier molecular flexibility index (Phi) is 5.60. The van der Waals surface area contributed by atoms with Crippen LogP contribution in [0, 0.1) is 13.8 Å². The third kappa shape index (κ3) is 5.25. The van der Waals surface area contributed by atoms with E-state index in [9.17, 15) is 8.42 Å². The fourth-order valence-corrected chi connectivity index (χ4v) is 3.31. The fraction of sp³-hybridized carbons (Fsp3) is 0.353. The minimum absolute atomic E-state index is 0.119. The molecule has 0 fully saturated rings. The number of benzene rings is 1. The minimum Gasteiger partial charge on any atom is -0.354 e. The largest absolute Gasteiger partial charge is 0.354 e. The monoisotopic (exact) mass is 333 g/mol. The van der Waals surface area contributed by atoms with E-state index in [1.807, 2.05) is 26.8 Å². The second kappa shape index (κ2) is 7.46. The van der Waals surface area contributed by atoms with E-state index in [1.165, 1.54) is 5.56 Å². The molecule has 2 rings (SSSR count). The van der Waals surface area contributed by atoms with Gasteiger partial charge in [0.2, 0.25) is 10.0 Å². The number of anilines is 3. The summed E-state index contributed by atoms with van der Waals surface area (Å²) >= 11 is 0. The molecule has 0 unspecified atom stereocenters. The summed E-state index contributed by atoms with van der Waals surface area (Å²) in [7, 11) is -3.31. The van der Waals surface area contributed by atoms with Gasteiger partial charge in [-0.3, -0.25) is 4.72 Å². The highest BCUT2D eigenvalue weighted by atomic mass is 32.2. The summed E-state index contributed by atoms with van der Waals surface area (Å²) in [6, 6.07) is 9.66. The SMILES string of the molecule is CCCCS(=O)(=O)Nc1ccc(Nc2cc(C)ccc2C)cn1. The topological polar surface area (TPSA) is 71.1 Å². The van der Waals surface area contributed by atoms with E-state index >= 15 is 0 Å². The average Bonchev–Trinajstić information content (AvgIpc) is 2.51. The highest BCUT2D eigenvalue weighted by Crippen LogP contribution is 2.22. The van der Waals surface area contributed by atoms with Crippen molar-refractivity contribution in [3.8, 4) is 0 Å². The first kappa shape index (κ1) is 17.3. The van der Waals surface area contributed by atoms with Gasteiger partial charge in [0, 0.05) is 5.69 Å². The molecule has 2 aromatic rings. The van der Waals surface area contributed by atoms with Gasteiger partial charge >= 0.3 is 0 Å². The van der Waals surface area contributed by atoms with Crippen molar-refractivity contribution in [2.45, 2.75) is 33.6 Å². The van der Waals surface area contributed by atoms with Crippen LogP contribution in [0.1, 0.15) is 30.9 Å². The summed E-state index contributed by atoms with van der Waals surface area (Å²) < 4.78 is 26.2. The molecule has 1 heterocycles. The second-order valence-corrected chi connectivity index (χ2v) is 7.49. The fourth-order valence-electron chi connectivity index (χ4n) is 2.10. The minimum atomic E-state index is -3.31. The molecule has 0 saturated heterocycles. The van der Waals surface area contributed by atoms with Crippen LogP contribution in [-0.2, 0) is 10.0 Å². The van der Waals surface area contributed by atoms with Gasteiger partial charge in [0.05, 0.1) is 17.6 Å². The predicted molar refractivity (Wildman–Crippen MR) is 95.8 cm³/mol. The molecule has 0 bridgehead atoms. The second-order valence-electron chi connectivity index (χ2n) is 5.65. The molecule has 23 heavy (non-hydrogen) atoms. The number of aromatic nitrogens is 1. The highest BCUT2D eigenvalue weighted by Gasteiger charge is 2.10. The van der Waals surface area contributed by atoms with Crippen molar-refractivity contribution in [1.29, 1.82) is 0 Å². The highest BCUT2D eigenvalue weighted by molar-refractivity contribution is 7.92. The maximum atomic E-state index is 11.9. The van der Waals surface area contributed by atoms with E-state index in [0.29, 0.717) is 12.2 Å². The lowest BCUT2D eigenvalue weighted by Gasteiger charge is -2.11. The van der Waals surface area contributed by atoms with Crippen LogP contribution < -0.4 is 10.0 Å². The lowest BCUT2D eigenvalue weighted by molar-refractivity contribution is 0.597. The van der Waals surface area contributed by atoms with Gasteiger partial charge in [-0.05, 0) is 49.6 Å². The smallest absolute Gasteiger partial charge is 0.233 e. The number of nitrogens with zero attached hydrogens (tertiary/aromatic N) is 1. The van der Waals surface area contributed by atoms with E-state index in [2.05, 4.69) is 33.2 Å². The Labute approximate surface area is 138 Å². The molecule has 1 aromatic heterocycles. The zero-order chi connectivity index (χ0) is 16.9. The number of hydrogen-bond donors (Lipinski definition) is 2. The maximum absolute atomic E-state index is 11.9. The van der Waals surface area contributed by atoms with Crippen LogP contribution in [0.5, 0.6) is 0 Å². The summed E-state index contributed by atoms with van der Waals surface area (Å²) in [5, 5.41) is 3.30. The van der Waals surface area contributed by atoms with E-state index in [0.717, 1.165) is 23.4 Å². The number of hydrogen-bond acceptors (Lipinski definition) is 4. The van der Waals surface area contributed by atoms with Crippen LogP contribution in [0.4, 0.5) is 17.2 Å². The van der Waals surface area contributed by atoms with Gasteiger partial charge in [-0.15, -0.1) is 0 Å². The summed E-state index contributed by atoms with van der Waals surface area (Å²) in [5.41, 5.74) is 4.14. The third-order valence-electron chi connectivity index (χ3n) is 3.46. The van der Waals surface area contributed by atoms with Gasteiger partial charge in [0.1, 0.15) is 5.82 Å². The van der Waals surface area contributed by atoms with Crippen molar-refractivity contribution in [2.24, 2.45) is 0 Å². The van der Waals surface area contributed by atoms with Crippen LogP contribution in [-0.4, -0.2) is 19.2 Å². The lowest BCUT2D eigenvalue weighted by Crippen LogP contribution is -2.17. The Morgan fingerprint density at radius 1 is 1.13 bits per heavy atom. The molecular formula is C17H23N3O2S. The van der Waals surface area contributed by atoms with Crippen molar-refractivity contribution < 1.29 is 8.42 Å². The molecule has 1 aromatic carbocycles. The molecule has 0 amide bonds. The Hall–Kier alpha value is -2.08. The van der Waals surface area contributed by atoms with Crippen molar-refractivity contribution in [2.75, 3.05) is 15.8 Å². The Morgan fingerprint density at radius 2 is 1.91 bits per heavy atom. The zero-order valence-corrected chi connectivity index (χ0v) is 14.6. The first-order valence-electron chi connectivity index (χ1n) is 7.70. The number of nitrogens with one attached hydrogen (secondary N) is 2. The summed E-state index contributed by atoms with van der Waals surface area (Å²) in [5.74, 6) is 0.459. The van der Waals surface area contributed by atoms with Crippen LogP contribution in [0.15, 0.2) is 36.5 Å². The average molecular weight is 333 g/mol. The lowest BCUT2D eigenvalue weighted by atomic mass is 10.1. The zero-order valence-electron chi connectivity index (χ0n) is 13.8. The normalized spacial score (nSPS) is 11.3. The van der Waals surface area contributed by atoms with Gasteiger partial charge in [0.15, 0.2) is 0 Å². The van der Waals surface area contributed by atoms with E-state index in [-0.39, 0.29) is 5.75 Å². The van der Waals surface area contributed by atoms with Crippen LogP contribution in [0.25, 0.3) is 0 Å². The van der Waals surface area contributed by atoms with Gasteiger partial charge in [-0.2, -0.15) is 0 Å². The van der Waals surface area contributed by atoms with Gasteiger partial charge in [0.25, 0.3) is 0 Å². The molecule has 2 N–H and O–H groups in total. The molecular weight excluding hydrogens is 310 g/mol. The molecule has 6 heteroatoms. The van der Waals surface area contributed by atoms with Crippen LogP contribution >= 0.6 is 0 Å². The van der Waals surface area contributed by atoms with E-state index < -0.39 is 10.0 Å². The van der Waals surface area contributed by atoms with Crippen LogP contribution in [0.2, 0.25) is 0 Å². The van der Waals surface area contributed by atoms with Gasteiger partial charge < -0.3 is 5.32 Å². The molecule has 0 aliphatic heterocycles. The van der Waals surface area contributed by atoms with Gasteiger partial charge in [-0.1, -0.05) is 25.5 Å². The van der Waals surface area contributed by atoms with E-state index in [1.54, 1.807) is 12.3 Å². The summed E-state index contributed by atoms with van der Waals surface area (Å²) in [6.45, 7) is 6.03. The van der Waals surface area contributed by atoms with Gasteiger partial charge in [-0.25, -0.2) is 13.4 Å². The van der Waals surface area contributed by atoms with Crippen LogP contribution in [0.3, 0.4) is 0 Å². The molecule has 0 saturated carbocycles. The number of rotatable bonds is 7. The summed E-state index contributed by atoms with van der Waals surface area (Å²) in [6.07, 6.45) is 3.11. The molecule has 5 nitrogen and oxygen atoms in total. The quantitative estimate of drug-likeness (QED) is 0.804. The third-order valence-corrected chi connectivity index (χ3v) is 4.81. The molecule has 0 aliphatic carbocycles. The Morgan fingerprint density at radius 3 is 2.57 bits per heavy atom. The van der Waals surface area contributed by atoms with Crippen molar-refractivity contribution >= 4 is 27.2 Å². The van der Waals surface area contributed by atoms with Crippen molar-refractivity contribution in [3.05, 3.63) is 47.7 Å².